The van der Waals surface area contributed by atoms with E-state index in [1.165, 1.54) is 0 Å². The van der Waals surface area contributed by atoms with Gasteiger partial charge in [0.15, 0.2) is 0 Å². The van der Waals surface area contributed by atoms with E-state index >= 15 is 0 Å². The molecule has 5 aromatic rings. The fraction of sp³-hybridized carbons (Fsp3) is 0.111. The van der Waals surface area contributed by atoms with Crippen LogP contribution in [0.15, 0.2) is 66.9 Å². The highest BCUT2D eigenvalue weighted by Gasteiger charge is 2.13. The molecule has 0 fully saturated rings. The predicted molar refractivity (Wildman–Crippen MR) is 140 cm³/mol. The maximum atomic E-state index is 12.7. The van der Waals surface area contributed by atoms with Crippen molar-refractivity contribution in [2.75, 3.05) is 10.6 Å². The van der Waals surface area contributed by atoms with Crippen molar-refractivity contribution in [3.8, 4) is 0 Å². The van der Waals surface area contributed by atoms with Crippen molar-refractivity contribution in [1.82, 2.24) is 25.0 Å². The molecule has 2 aromatic carbocycles. The summed E-state index contributed by atoms with van der Waals surface area (Å²) in [6.07, 6.45) is 5.66. The van der Waals surface area contributed by atoms with Crippen LogP contribution in [0.2, 0.25) is 0 Å². The number of nitrogens with zero attached hydrogens (tertiary/aromatic N) is 4. The number of rotatable bonds is 6. The summed E-state index contributed by atoms with van der Waals surface area (Å²) >= 11 is 0. The molecule has 0 radical (unpaired) electrons. The number of carbonyl (C=O) groups excluding carboxylic acids is 1. The van der Waals surface area contributed by atoms with Crippen molar-refractivity contribution in [1.29, 1.82) is 0 Å². The van der Waals surface area contributed by atoms with Crippen LogP contribution in [0.4, 0.5) is 17.1 Å². The molecule has 0 spiro atoms. The quantitative estimate of drug-likeness (QED) is 0.310. The van der Waals surface area contributed by atoms with Crippen LogP contribution in [-0.2, 0) is 7.05 Å². The van der Waals surface area contributed by atoms with Crippen LogP contribution in [0.3, 0.4) is 0 Å². The van der Waals surface area contributed by atoms with Gasteiger partial charge >= 0.3 is 0 Å². The van der Waals surface area contributed by atoms with Gasteiger partial charge in [-0.05, 0) is 80.1 Å². The van der Waals surface area contributed by atoms with E-state index in [0.29, 0.717) is 5.69 Å². The molecule has 0 unspecified atom stereocenters. The Hall–Kier alpha value is -4.72. The van der Waals surface area contributed by atoms with Gasteiger partial charge in [-0.3, -0.25) is 19.6 Å². The van der Waals surface area contributed by atoms with Gasteiger partial charge in [-0.1, -0.05) is 12.1 Å². The van der Waals surface area contributed by atoms with Gasteiger partial charge in [0.1, 0.15) is 5.69 Å². The third-order valence-corrected chi connectivity index (χ3v) is 5.70. The van der Waals surface area contributed by atoms with Crippen LogP contribution in [0.1, 0.15) is 33.1 Å². The highest BCUT2D eigenvalue weighted by molar-refractivity contribution is 6.04. The van der Waals surface area contributed by atoms with Crippen LogP contribution >= 0.6 is 0 Å². The smallest absolute Gasteiger partial charge is 0.273 e. The Balaban J connectivity index is 1.34. The second-order valence-electron chi connectivity index (χ2n) is 8.36. The highest BCUT2D eigenvalue weighted by Crippen LogP contribution is 2.27. The lowest BCUT2D eigenvalue weighted by Crippen LogP contribution is -2.16. The summed E-state index contributed by atoms with van der Waals surface area (Å²) in [7, 11) is 1.76. The number of aryl methyl sites for hydroxylation is 3. The van der Waals surface area contributed by atoms with Gasteiger partial charge in [0.05, 0.1) is 22.6 Å². The number of amides is 1. The zero-order valence-corrected chi connectivity index (χ0v) is 19.7. The molecule has 174 valence electrons. The molecular formula is C27H25N7O. The zero-order valence-electron chi connectivity index (χ0n) is 19.7. The van der Waals surface area contributed by atoms with E-state index in [4.69, 9.17) is 0 Å². The minimum absolute atomic E-state index is 0.196. The first-order valence-electron chi connectivity index (χ1n) is 11.2. The summed E-state index contributed by atoms with van der Waals surface area (Å²) in [6, 6.07) is 19.5. The molecule has 1 amide bonds. The van der Waals surface area contributed by atoms with Crippen molar-refractivity contribution < 1.29 is 4.79 Å². The average Bonchev–Trinajstić information content (AvgIpc) is 3.42. The zero-order chi connectivity index (χ0) is 24.4. The molecular weight excluding hydrogens is 438 g/mol. The van der Waals surface area contributed by atoms with E-state index in [0.717, 1.165) is 50.6 Å². The number of hydrogen-bond donors (Lipinski definition) is 3. The molecule has 3 N–H and O–H groups in total. The number of benzene rings is 2. The van der Waals surface area contributed by atoms with Gasteiger partial charge in [-0.2, -0.15) is 10.2 Å². The van der Waals surface area contributed by atoms with E-state index in [2.05, 4.69) is 30.9 Å². The maximum Gasteiger partial charge on any atom is 0.273 e. The van der Waals surface area contributed by atoms with Crippen LogP contribution < -0.4 is 10.6 Å². The number of nitrogens with one attached hydrogen (secondary N) is 3. The first kappa shape index (κ1) is 22.1. The van der Waals surface area contributed by atoms with Crippen molar-refractivity contribution in [2.45, 2.75) is 13.8 Å². The fourth-order valence-corrected chi connectivity index (χ4v) is 3.90. The molecule has 0 bridgehead atoms. The van der Waals surface area contributed by atoms with E-state index in [1.807, 2.05) is 80.6 Å². The number of anilines is 3. The molecule has 35 heavy (non-hydrogen) atoms. The monoisotopic (exact) mass is 463 g/mol. The SMILES string of the molecule is Cc1cc(C(=O)Nc2cc(Nc3ccc4c(/C=C/c5ccccn5)n[nH]c4c3)ccc2C)n(C)n1. The molecule has 0 atom stereocenters. The fourth-order valence-electron chi connectivity index (χ4n) is 3.90. The van der Waals surface area contributed by atoms with E-state index in [-0.39, 0.29) is 5.91 Å². The molecule has 0 aliphatic heterocycles. The molecule has 8 heteroatoms. The lowest BCUT2D eigenvalue weighted by molar-refractivity contribution is 0.101. The van der Waals surface area contributed by atoms with E-state index in [9.17, 15) is 4.79 Å². The Morgan fingerprint density at radius 3 is 2.60 bits per heavy atom. The topological polar surface area (TPSA) is 101 Å². The molecule has 0 saturated heterocycles. The van der Waals surface area contributed by atoms with Crippen LogP contribution in [0.5, 0.6) is 0 Å². The van der Waals surface area contributed by atoms with Crippen molar-refractivity contribution in [3.05, 3.63) is 95.2 Å². The standard InChI is InChI=1S/C27H25N7O/c1-17-7-8-20(15-24(17)30-27(35)26-14-18(2)33-34(26)3)29-21-9-11-22-23(31-32-25(22)16-21)12-10-19-6-4-5-13-28-19/h4-16,29H,1-3H3,(H,30,35)(H,31,32)/b12-10+. The Morgan fingerprint density at radius 2 is 1.83 bits per heavy atom. The Bertz CT molecular complexity index is 1550. The molecule has 3 heterocycles. The Morgan fingerprint density at radius 1 is 1.00 bits per heavy atom. The van der Waals surface area contributed by atoms with Gasteiger partial charge in [-0.15, -0.1) is 0 Å². The molecule has 0 aliphatic carbocycles. The van der Waals surface area contributed by atoms with Gasteiger partial charge in [0.2, 0.25) is 0 Å². The number of carbonyl (C=O) groups is 1. The lowest BCUT2D eigenvalue weighted by atomic mass is 10.1. The van der Waals surface area contributed by atoms with Gasteiger partial charge < -0.3 is 10.6 Å². The molecule has 0 aliphatic rings. The first-order valence-corrected chi connectivity index (χ1v) is 11.2. The molecule has 5 rings (SSSR count). The van der Waals surface area contributed by atoms with Crippen molar-refractivity contribution in [2.24, 2.45) is 7.05 Å². The Kier molecular flexibility index (Phi) is 5.85. The summed E-state index contributed by atoms with van der Waals surface area (Å²) in [6.45, 7) is 3.83. The number of aromatic amines is 1. The van der Waals surface area contributed by atoms with E-state index in [1.54, 1.807) is 24.0 Å². The second kappa shape index (κ2) is 9.26. The second-order valence-corrected chi connectivity index (χ2v) is 8.36. The third-order valence-electron chi connectivity index (χ3n) is 5.70. The normalized spacial score (nSPS) is 11.3. The van der Waals surface area contributed by atoms with Gasteiger partial charge in [0, 0.05) is 35.7 Å². The highest BCUT2D eigenvalue weighted by atomic mass is 16.2. The molecule has 8 nitrogen and oxygen atoms in total. The van der Waals surface area contributed by atoms with Crippen LogP contribution in [0.25, 0.3) is 23.1 Å². The van der Waals surface area contributed by atoms with Gasteiger partial charge in [0.25, 0.3) is 5.91 Å². The number of aromatic nitrogens is 5. The van der Waals surface area contributed by atoms with E-state index < -0.39 is 0 Å². The number of H-pyrrole nitrogens is 1. The maximum absolute atomic E-state index is 12.7. The summed E-state index contributed by atoms with van der Waals surface area (Å²) in [5, 5.41) is 19.2. The summed E-state index contributed by atoms with van der Waals surface area (Å²) in [4.78, 5) is 17.1. The van der Waals surface area contributed by atoms with Crippen molar-refractivity contribution in [3.63, 3.8) is 0 Å². The van der Waals surface area contributed by atoms with Gasteiger partial charge in [-0.25, -0.2) is 0 Å². The average molecular weight is 464 g/mol. The third kappa shape index (κ3) is 4.81. The summed E-state index contributed by atoms with van der Waals surface area (Å²) in [5.74, 6) is -0.196. The molecule has 0 saturated carbocycles. The molecule has 3 aromatic heterocycles. The largest absolute Gasteiger partial charge is 0.355 e. The van der Waals surface area contributed by atoms with Crippen LogP contribution in [0, 0.1) is 13.8 Å². The minimum atomic E-state index is -0.196. The number of pyridine rings is 1. The van der Waals surface area contributed by atoms with Crippen LogP contribution in [-0.4, -0.2) is 30.9 Å². The van der Waals surface area contributed by atoms with Crippen molar-refractivity contribution >= 4 is 46.0 Å². The predicted octanol–water partition coefficient (Wildman–Crippen LogP) is 5.47. The summed E-state index contributed by atoms with van der Waals surface area (Å²) < 4.78 is 1.58. The Labute approximate surface area is 202 Å². The lowest BCUT2D eigenvalue weighted by Gasteiger charge is -2.12. The minimum Gasteiger partial charge on any atom is -0.355 e. The number of fused-ring (bicyclic) bond motifs is 1. The summed E-state index contributed by atoms with van der Waals surface area (Å²) in [5.41, 5.74) is 7.44. The number of hydrogen-bond acceptors (Lipinski definition) is 5. The first-order chi connectivity index (χ1) is 17.0.